The number of aromatic carboxylic acids is 1. The van der Waals surface area contributed by atoms with Crippen molar-refractivity contribution in [1.82, 2.24) is 14.7 Å². The molecule has 6 nitrogen and oxygen atoms in total. The largest absolute Gasteiger partial charge is 0.477 e. The van der Waals surface area contributed by atoms with Crippen molar-refractivity contribution in [3.8, 4) is 0 Å². The highest BCUT2D eigenvalue weighted by Gasteiger charge is 2.14. The minimum atomic E-state index is -0.923. The Morgan fingerprint density at radius 2 is 2.15 bits per heavy atom. The Hall–Kier alpha value is -2.15. The van der Waals surface area contributed by atoms with E-state index in [1.807, 2.05) is 6.92 Å². The molecule has 0 fully saturated rings. The zero-order valence-corrected chi connectivity index (χ0v) is 12.3. The van der Waals surface area contributed by atoms with Crippen molar-refractivity contribution < 1.29 is 14.7 Å². The Kier molecular flexibility index (Phi) is 3.89. The van der Waals surface area contributed by atoms with Gasteiger partial charge in [-0.05, 0) is 24.6 Å². The normalized spacial score (nSPS) is 10.6. The topological polar surface area (TPSA) is 75.4 Å². The van der Waals surface area contributed by atoms with E-state index in [0.29, 0.717) is 17.1 Å². The SMILES string of the molecule is Cc1sc(C(=O)O)cc1Cn1ccc(C(=O)N(C)C)n1. The van der Waals surface area contributed by atoms with Gasteiger partial charge in [0.25, 0.3) is 5.91 Å². The first-order valence-electron chi connectivity index (χ1n) is 5.96. The number of hydrogen-bond acceptors (Lipinski definition) is 4. The minimum absolute atomic E-state index is 0.156. The van der Waals surface area contributed by atoms with E-state index >= 15 is 0 Å². The van der Waals surface area contributed by atoms with Crippen LogP contribution in [0.3, 0.4) is 0 Å². The fourth-order valence-electron chi connectivity index (χ4n) is 1.75. The summed E-state index contributed by atoms with van der Waals surface area (Å²) in [6.07, 6.45) is 1.72. The van der Waals surface area contributed by atoms with Crippen LogP contribution in [0.15, 0.2) is 18.3 Å². The summed E-state index contributed by atoms with van der Waals surface area (Å²) in [4.78, 5) is 25.4. The highest BCUT2D eigenvalue weighted by atomic mass is 32.1. The molecule has 1 N–H and O–H groups in total. The molecule has 0 bridgehead atoms. The van der Waals surface area contributed by atoms with Gasteiger partial charge in [0.1, 0.15) is 10.6 Å². The number of thiophene rings is 1. The zero-order chi connectivity index (χ0) is 14.9. The standard InChI is InChI=1S/C13H15N3O3S/c1-8-9(6-11(20-8)13(18)19)7-16-5-4-10(14-16)12(17)15(2)3/h4-6H,7H2,1-3H3,(H,18,19). The van der Waals surface area contributed by atoms with Gasteiger partial charge in [-0.25, -0.2) is 4.79 Å². The Labute approximate surface area is 120 Å². The molecule has 7 heteroatoms. The molecule has 0 saturated heterocycles. The first-order valence-corrected chi connectivity index (χ1v) is 6.78. The number of aryl methyl sites for hydroxylation is 1. The minimum Gasteiger partial charge on any atom is -0.477 e. The number of carbonyl (C=O) groups excluding carboxylic acids is 1. The van der Waals surface area contributed by atoms with E-state index in [9.17, 15) is 9.59 Å². The van der Waals surface area contributed by atoms with Crippen LogP contribution in [-0.2, 0) is 6.54 Å². The number of aromatic nitrogens is 2. The third-order valence-electron chi connectivity index (χ3n) is 2.83. The van der Waals surface area contributed by atoms with Gasteiger partial charge in [0, 0.05) is 25.2 Å². The summed E-state index contributed by atoms with van der Waals surface area (Å²) in [7, 11) is 3.34. The molecule has 2 aromatic rings. The van der Waals surface area contributed by atoms with Crippen molar-refractivity contribution in [2.45, 2.75) is 13.5 Å². The van der Waals surface area contributed by atoms with Gasteiger partial charge in [-0.3, -0.25) is 9.48 Å². The molecule has 0 atom stereocenters. The number of hydrogen-bond donors (Lipinski definition) is 1. The molecule has 1 amide bonds. The van der Waals surface area contributed by atoms with Gasteiger partial charge in [-0.15, -0.1) is 11.3 Å². The quantitative estimate of drug-likeness (QED) is 0.931. The van der Waals surface area contributed by atoms with Crippen molar-refractivity contribution in [1.29, 1.82) is 0 Å². The van der Waals surface area contributed by atoms with Gasteiger partial charge in [0.2, 0.25) is 0 Å². The molecule has 20 heavy (non-hydrogen) atoms. The van der Waals surface area contributed by atoms with Crippen LogP contribution in [0, 0.1) is 6.92 Å². The van der Waals surface area contributed by atoms with Gasteiger partial charge in [-0.2, -0.15) is 5.10 Å². The van der Waals surface area contributed by atoms with Crippen molar-refractivity contribution in [2.24, 2.45) is 0 Å². The first-order chi connectivity index (χ1) is 9.38. The number of amides is 1. The van der Waals surface area contributed by atoms with Gasteiger partial charge >= 0.3 is 5.97 Å². The van der Waals surface area contributed by atoms with Crippen LogP contribution in [0.1, 0.15) is 30.6 Å². The smallest absolute Gasteiger partial charge is 0.345 e. The molecule has 2 heterocycles. The molecule has 0 aliphatic heterocycles. The van der Waals surface area contributed by atoms with Crippen molar-refractivity contribution in [2.75, 3.05) is 14.1 Å². The summed E-state index contributed by atoms with van der Waals surface area (Å²) < 4.78 is 1.64. The highest BCUT2D eigenvalue weighted by Crippen LogP contribution is 2.22. The predicted molar refractivity (Wildman–Crippen MR) is 75.4 cm³/mol. The van der Waals surface area contributed by atoms with Gasteiger partial charge < -0.3 is 10.0 Å². The lowest BCUT2D eigenvalue weighted by atomic mass is 10.2. The summed E-state index contributed by atoms with van der Waals surface area (Å²) in [6.45, 7) is 2.33. The number of carbonyl (C=O) groups is 2. The fraction of sp³-hybridized carbons (Fsp3) is 0.308. The lowest BCUT2D eigenvalue weighted by Crippen LogP contribution is -2.22. The van der Waals surface area contributed by atoms with E-state index in [0.717, 1.165) is 10.4 Å². The van der Waals surface area contributed by atoms with Crippen LogP contribution in [-0.4, -0.2) is 45.8 Å². The van der Waals surface area contributed by atoms with Gasteiger partial charge in [-0.1, -0.05) is 0 Å². The van der Waals surface area contributed by atoms with E-state index in [1.165, 1.54) is 16.2 Å². The summed E-state index contributed by atoms with van der Waals surface area (Å²) in [5.74, 6) is -1.08. The molecule has 0 aliphatic rings. The summed E-state index contributed by atoms with van der Waals surface area (Å²) in [5.41, 5.74) is 1.28. The summed E-state index contributed by atoms with van der Waals surface area (Å²) in [6, 6.07) is 3.31. The van der Waals surface area contributed by atoms with E-state index in [1.54, 1.807) is 37.1 Å². The molecule has 0 radical (unpaired) electrons. The van der Waals surface area contributed by atoms with E-state index in [4.69, 9.17) is 5.11 Å². The number of carboxylic acids is 1. The second-order valence-electron chi connectivity index (χ2n) is 4.60. The lowest BCUT2D eigenvalue weighted by Gasteiger charge is -2.07. The van der Waals surface area contributed by atoms with Crippen molar-refractivity contribution >= 4 is 23.2 Å². The highest BCUT2D eigenvalue weighted by molar-refractivity contribution is 7.14. The molecule has 2 rings (SSSR count). The Morgan fingerprint density at radius 3 is 2.70 bits per heavy atom. The number of carboxylic acid groups (broad SMARTS) is 1. The molecular weight excluding hydrogens is 278 g/mol. The van der Waals surface area contributed by atoms with Crippen molar-refractivity contribution in [3.63, 3.8) is 0 Å². The first kappa shape index (κ1) is 14.3. The molecular formula is C13H15N3O3S. The van der Waals surface area contributed by atoms with Crippen LogP contribution >= 0.6 is 11.3 Å². The zero-order valence-electron chi connectivity index (χ0n) is 11.5. The molecule has 106 valence electrons. The second kappa shape index (κ2) is 5.46. The van der Waals surface area contributed by atoms with Crippen LogP contribution in [0.4, 0.5) is 0 Å². The monoisotopic (exact) mass is 293 g/mol. The second-order valence-corrected chi connectivity index (χ2v) is 5.85. The van der Waals surface area contributed by atoms with Gasteiger partial charge in [0.05, 0.1) is 6.54 Å². The number of rotatable bonds is 4. The number of nitrogens with zero attached hydrogens (tertiary/aromatic N) is 3. The maximum absolute atomic E-state index is 11.7. The van der Waals surface area contributed by atoms with Crippen LogP contribution in [0.5, 0.6) is 0 Å². The van der Waals surface area contributed by atoms with E-state index in [-0.39, 0.29) is 5.91 Å². The van der Waals surface area contributed by atoms with E-state index < -0.39 is 5.97 Å². The average Bonchev–Trinajstić information content (AvgIpc) is 2.97. The maximum atomic E-state index is 11.7. The maximum Gasteiger partial charge on any atom is 0.345 e. The third-order valence-corrected chi connectivity index (χ3v) is 3.91. The molecule has 0 spiro atoms. The average molecular weight is 293 g/mol. The van der Waals surface area contributed by atoms with Crippen LogP contribution in [0.25, 0.3) is 0 Å². The third kappa shape index (κ3) is 2.88. The Bertz CT molecular complexity index is 658. The summed E-state index contributed by atoms with van der Waals surface area (Å²) in [5, 5.41) is 13.2. The Balaban J connectivity index is 2.19. The van der Waals surface area contributed by atoms with Crippen LogP contribution in [0.2, 0.25) is 0 Å². The molecule has 0 saturated carbocycles. The Morgan fingerprint density at radius 1 is 1.45 bits per heavy atom. The lowest BCUT2D eigenvalue weighted by molar-refractivity contribution is 0.0701. The van der Waals surface area contributed by atoms with Crippen molar-refractivity contribution in [3.05, 3.63) is 39.3 Å². The van der Waals surface area contributed by atoms with E-state index in [2.05, 4.69) is 5.10 Å². The predicted octanol–water partition coefficient (Wildman–Crippen LogP) is 1.70. The fourth-order valence-corrected chi connectivity index (χ4v) is 2.62. The molecule has 2 aromatic heterocycles. The molecule has 0 aliphatic carbocycles. The van der Waals surface area contributed by atoms with Crippen LogP contribution < -0.4 is 0 Å². The molecule has 0 aromatic carbocycles. The van der Waals surface area contributed by atoms with Gasteiger partial charge in [0.15, 0.2) is 0 Å². The summed E-state index contributed by atoms with van der Waals surface area (Å²) >= 11 is 1.24. The molecule has 0 unspecified atom stereocenters.